The van der Waals surface area contributed by atoms with E-state index in [9.17, 15) is 22.8 Å². The number of sulfone groups is 1. The average Bonchev–Trinajstić information content (AvgIpc) is 2.79. The molecule has 0 saturated heterocycles. The Bertz CT molecular complexity index is 1200. The van der Waals surface area contributed by atoms with Gasteiger partial charge in [-0.05, 0) is 48.6 Å². The van der Waals surface area contributed by atoms with Gasteiger partial charge < -0.3 is 10.1 Å². The smallest absolute Gasteiger partial charge is 0.338 e. The van der Waals surface area contributed by atoms with Crippen molar-refractivity contribution in [3.8, 4) is 0 Å². The van der Waals surface area contributed by atoms with Gasteiger partial charge in [-0.2, -0.15) is 0 Å². The fraction of sp³-hybridized carbons (Fsp3) is 0.375. The molecule has 1 saturated carbocycles. The first-order valence-electron chi connectivity index (χ1n) is 10.7. The number of fused-ring (bicyclic) bond motifs is 2. The predicted molar refractivity (Wildman–Crippen MR) is 116 cm³/mol. The molecule has 1 N–H and O–H groups in total. The van der Waals surface area contributed by atoms with E-state index in [1.807, 2.05) is 0 Å². The number of amides is 1. The lowest BCUT2D eigenvalue weighted by molar-refractivity contribution is -0.125. The molecule has 32 heavy (non-hydrogen) atoms. The van der Waals surface area contributed by atoms with Gasteiger partial charge in [-0.15, -0.1) is 0 Å². The Hall–Kier alpha value is -3.00. The van der Waals surface area contributed by atoms with Crippen LogP contribution >= 0.6 is 0 Å². The van der Waals surface area contributed by atoms with Crippen molar-refractivity contribution in [1.29, 1.82) is 0 Å². The maximum absolute atomic E-state index is 13.0. The molecule has 0 bridgehead atoms. The van der Waals surface area contributed by atoms with Crippen molar-refractivity contribution < 1.29 is 27.5 Å². The van der Waals surface area contributed by atoms with Gasteiger partial charge in [-0.3, -0.25) is 9.59 Å². The van der Waals surface area contributed by atoms with Crippen molar-refractivity contribution in [2.24, 2.45) is 11.8 Å². The standard InChI is InChI=1S/C24H25NO6S/c1-14-6-5-8-19(15(14)2)25-22(26)13-31-24(28)16-10-11-18-21(12-16)32(29,30)20-9-4-3-7-17(20)23(18)27/h3-4,7,9-12,14-15,19H,5-6,8,13H2,1-2H3,(H,25,26)/t14-,15+,19+/m1/s1. The Morgan fingerprint density at radius 2 is 1.75 bits per heavy atom. The lowest BCUT2D eigenvalue weighted by Crippen LogP contribution is -2.45. The number of carbonyl (C=O) groups excluding carboxylic acids is 3. The molecule has 1 heterocycles. The van der Waals surface area contributed by atoms with E-state index < -0.39 is 28.2 Å². The quantitative estimate of drug-likeness (QED) is 0.606. The van der Waals surface area contributed by atoms with E-state index in [-0.39, 0.29) is 38.4 Å². The van der Waals surface area contributed by atoms with Gasteiger partial charge in [0.2, 0.25) is 9.84 Å². The van der Waals surface area contributed by atoms with Crippen LogP contribution in [0.3, 0.4) is 0 Å². The van der Waals surface area contributed by atoms with Gasteiger partial charge in [0.1, 0.15) is 0 Å². The van der Waals surface area contributed by atoms with Crippen LogP contribution in [0.15, 0.2) is 52.3 Å². The van der Waals surface area contributed by atoms with Crippen LogP contribution in [0.25, 0.3) is 0 Å². The molecule has 1 fully saturated rings. The zero-order valence-corrected chi connectivity index (χ0v) is 18.8. The number of nitrogens with one attached hydrogen (secondary N) is 1. The van der Waals surface area contributed by atoms with E-state index in [1.54, 1.807) is 12.1 Å². The minimum Gasteiger partial charge on any atom is -0.452 e. The van der Waals surface area contributed by atoms with Crippen LogP contribution in [0, 0.1) is 11.8 Å². The Morgan fingerprint density at radius 3 is 2.53 bits per heavy atom. The molecular weight excluding hydrogens is 430 g/mol. The van der Waals surface area contributed by atoms with Crippen molar-refractivity contribution in [2.75, 3.05) is 6.61 Å². The number of esters is 1. The minimum absolute atomic E-state index is 0.0124. The maximum atomic E-state index is 13.0. The highest BCUT2D eigenvalue weighted by molar-refractivity contribution is 7.91. The van der Waals surface area contributed by atoms with Crippen LogP contribution in [0.2, 0.25) is 0 Å². The highest BCUT2D eigenvalue weighted by Crippen LogP contribution is 2.35. The molecule has 1 aliphatic carbocycles. The number of benzene rings is 2. The zero-order valence-electron chi connectivity index (χ0n) is 18.0. The largest absolute Gasteiger partial charge is 0.452 e. The summed E-state index contributed by atoms with van der Waals surface area (Å²) in [6.07, 6.45) is 3.07. The first kappa shape index (κ1) is 22.2. The van der Waals surface area contributed by atoms with Crippen LogP contribution in [0.4, 0.5) is 0 Å². The van der Waals surface area contributed by atoms with Gasteiger partial charge in [0.25, 0.3) is 5.91 Å². The van der Waals surface area contributed by atoms with Crippen molar-refractivity contribution in [1.82, 2.24) is 5.32 Å². The van der Waals surface area contributed by atoms with E-state index >= 15 is 0 Å². The Kier molecular flexibility index (Phi) is 5.90. The second-order valence-electron chi connectivity index (χ2n) is 8.56. The number of ether oxygens (including phenoxy) is 1. The van der Waals surface area contributed by atoms with Crippen molar-refractivity contribution in [2.45, 2.75) is 48.9 Å². The molecule has 0 unspecified atom stereocenters. The van der Waals surface area contributed by atoms with Crippen LogP contribution in [0.5, 0.6) is 0 Å². The molecule has 2 aliphatic rings. The van der Waals surface area contributed by atoms with Gasteiger partial charge in [0.05, 0.1) is 15.4 Å². The summed E-state index contributed by atoms with van der Waals surface area (Å²) in [7, 11) is -3.96. The van der Waals surface area contributed by atoms with Crippen molar-refractivity contribution in [3.63, 3.8) is 0 Å². The van der Waals surface area contributed by atoms with Gasteiger partial charge in [-0.25, -0.2) is 13.2 Å². The molecule has 2 aromatic carbocycles. The fourth-order valence-electron chi connectivity index (χ4n) is 4.46. The summed E-state index contributed by atoms with van der Waals surface area (Å²) in [6, 6.07) is 9.81. The summed E-state index contributed by atoms with van der Waals surface area (Å²) < 4.78 is 31.1. The fourth-order valence-corrected chi connectivity index (χ4v) is 6.14. The second-order valence-corrected chi connectivity index (χ2v) is 10.4. The third kappa shape index (κ3) is 3.95. The molecular formula is C24H25NO6S. The molecule has 3 atom stereocenters. The average molecular weight is 456 g/mol. The first-order valence-corrected chi connectivity index (χ1v) is 12.2. The van der Waals surface area contributed by atoms with Crippen LogP contribution in [-0.2, 0) is 19.4 Å². The zero-order chi connectivity index (χ0) is 23.0. The molecule has 7 nitrogen and oxygen atoms in total. The number of rotatable bonds is 4. The van der Waals surface area contributed by atoms with E-state index in [1.165, 1.54) is 24.3 Å². The topological polar surface area (TPSA) is 107 Å². The lowest BCUT2D eigenvalue weighted by Gasteiger charge is -2.34. The number of carbonyl (C=O) groups is 3. The van der Waals surface area contributed by atoms with Crippen molar-refractivity contribution >= 4 is 27.5 Å². The third-order valence-electron chi connectivity index (χ3n) is 6.56. The molecule has 168 valence electrons. The molecule has 0 spiro atoms. The lowest BCUT2D eigenvalue weighted by atomic mass is 9.78. The van der Waals surface area contributed by atoms with E-state index in [0.717, 1.165) is 25.3 Å². The maximum Gasteiger partial charge on any atom is 0.338 e. The molecule has 2 aromatic rings. The monoisotopic (exact) mass is 455 g/mol. The van der Waals surface area contributed by atoms with Gasteiger partial charge in [-0.1, -0.05) is 38.8 Å². The van der Waals surface area contributed by atoms with Gasteiger partial charge >= 0.3 is 5.97 Å². The molecule has 0 radical (unpaired) electrons. The van der Waals surface area contributed by atoms with E-state index in [2.05, 4.69) is 19.2 Å². The summed E-state index contributed by atoms with van der Waals surface area (Å²) in [5.74, 6) is -0.773. The van der Waals surface area contributed by atoms with Gasteiger partial charge in [0, 0.05) is 17.2 Å². The Morgan fingerprint density at radius 1 is 1.03 bits per heavy atom. The predicted octanol–water partition coefficient (Wildman–Crippen LogP) is 3.16. The normalized spacial score (nSPS) is 23.6. The summed E-state index contributed by atoms with van der Waals surface area (Å²) in [4.78, 5) is 37.2. The molecule has 1 amide bonds. The van der Waals surface area contributed by atoms with E-state index in [4.69, 9.17) is 4.74 Å². The van der Waals surface area contributed by atoms with Crippen LogP contribution in [-0.4, -0.2) is 38.7 Å². The molecule has 8 heteroatoms. The SMILES string of the molecule is C[C@H]1[C@H](C)CCC[C@@H]1NC(=O)COC(=O)c1ccc2c(c1)S(=O)(=O)c1ccccc1C2=O. The number of hydrogen-bond acceptors (Lipinski definition) is 6. The van der Waals surface area contributed by atoms with Crippen LogP contribution in [0.1, 0.15) is 59.4 Å². The van der Waals surface area contributed by atoms with Crippen LogP contribution < -0.4 is 5.32 Å². The Balaban J connectivity index is 1.47. The summed E-state index contributed by atoms with van der Waals surface area (Å²) >= 11 is 0. The highest BCUT2D eigenvalue weighted by Gasteiger charge is 2.35. The van der Waals surface area contributed by atoms with E-state index in [0.29, 0.717) is 11.8 Å². The molecule has 4 rings (SSSR count). The first-order chi connectivity index (χ1) is 15.2. The second kappa shape index (κ2) is 8.50. The Labute approximate surface area is 187 Å². The third-order valence-corrected chi connectivity index (χ3v) is 8.41. The number of hydrogen-bond donors (Lipinski definition) is 1. The van der Waals surface area contributed by atoms with Crippen molar-refractivity contribution in [3.05, 3.63) is 59.2 Å². The number of ketones is 1. The summed E-state index contributed by atoms with van der Waals surface area (Å²) in [5.41, 5.74) is 0.0867. The summed E-state index contributed by atoms with van der Waals surface area (Å²) in [6.45, 7) is 3.81. The molecule has 1 aliphatic heterocycles. The minimum atomic E-state index is -3.96. The molecule has 0 aromatic heterocycles. The van der Waals surface area contributed by atoms with Gasteiger partial charge in [0.15, 0.2) is 12.4 Å². The highest BCUT2D eigenvalue weighted by atomic mass is 32.2. The summed E-state index contributed by atoms with van der Waals surface area (Å²) in [5, 5.41) is 2.93.